The van der Waals surface area contributed by atoms with Crippen molar-refractivity contribution in [2.75, 3.05) is 4.72 Å². The van der Waals surface area contributed by atoms with Gasteiger partial charge in [-0.1, -0.05) is 24.3 Å². The smallest absolute Gasteiger partial charge is 0.269 e. The molecule has 29 heavy (non-hydrogen) atoms. The average Bonchev–Trinajstić information content (AvgIpc) is 3.19. The molecule has 1 heterocycles. The Labute approximate surface area is 166 Å². The van der Waals surface area contributed by atoms with Crippen LogP contribution in [0.1, 0.15) is 21.7 Å². The second-order valence-corrected chi connectivity index (χ2v) is 7.82. The Kier molecular flexibility index (Phi) is 5.93. The number of nitrogens with zero attached hydrogens (tertiary/aromatic N) is 1. The van der Waals surface area contributed by atoms with Gasteiger partial charge in [0.25, 0.3) is 11.6 Å². The van der Waals surface area contributed by atoms with E-state index in [4.69, 9.17) is 4.42 Å². The van der Waals surface area contributed by atoms with Crippen molar-refractivity contribution in [1.29, 1.82) is 0 Å². The molecule has 0 saturated heterocycles. The van der Waals surface area contributed by atoms with E-state index in [1.165, 1.54) is 42.7 Å². The van der Waals surface area contributed by atoms with Crippen molar-refractivity contribution in [3.8, 4) is 0 Å². The molecule has 0 spiro atoms. The zero-order valence-electron chi connectivity index (χ0n) is 15.1. The van der Waals surface area contributed by atoms with Gasteiger partial charge in [0.05, 0.1) is 34.7 Å². The number of sulfonamides is 1. The Morgan fingerprint density at radius 3 is 2.59 bits per heavy atom. The van der Waals surface area contributed by atoms with Crippen LogP contribution in [0.15, 0.2) is 71.3 Å². The van der Waals surface area contributed by atoms with Gasteiger partial charge in [0.2, 0.25) is 10.0 Å². The summed E-state index contributed by atoms with van der Waals surface area (Å²) in [6.07, 6.45) is 1.48. The van der Waals surface area contributed by atoms with Gasteiger partial charge >= 0.3 is 0 Å². The van der Waals surface area contributed by atoms with Gasteiger partial charge in [-0.3, -0.25) is 19.6 Å². The van der Waals surface area contributed by atoms with E-state index in [0.29, 0.717) is 5.76 Å². The topological polar surface area (TPSA) is 132 Å². The van der Waals surface area contributed by atoms with E-state index >= 15 is 0 Å². The van der Waals surface area contributed by atoms with Gasteiger partial charge in [-0.05, 0) is 29.8 Å². The van der Waals surface area contributed by atoms with E-state index in [9.17, 15) is 23.3 Å². The van der Waals surface area contributed by atoms with Crippen molar-refractivity contribution in [3.05, 3.63) is 93.9 Å². The predicted octanol–water partition coefficient (Wildman–Crippen LogP) is 3.06. The maximum absolute atomic E-state index is 12.5. The lowest BCUT2D eigenvalue weighted by atomic mass is 10.1. The summed E-state index contributed by atoms with van der Waals surface area (Å²) in [6, 6.07) is 14.9. The number of hydrogen-bond donors (Lipinski definition) is 2. The minimum Gasteiger partial charge on any atom is -0.467 e. The maximum atomic E-state index is 12.5. The van der Waals surface area contributed by atoms with Crippen molar-refractivity contribution in [2.45, 2.75) is 12.3 Å². The molecule has 2 aromatic carbocycles. The Morgan fingerprint density at radius 2 is 1.86 bits per heavy atom. The summed E-state index contributed by atoms with van der Waals surface area (Å²) in [6.45, 7) is 0.153. The number of nitrogens with one attached hydrogen (secondary N) is 2. The summed E-state index contributed by atoms with van der Waals surface area (Å²) in [5, 5.41) is 13.5. The highest BCUT2D eigenvalue weighted by atomic mass is 32.2. The highest BCUT2D eigenvalue weighted by Gasteiger charge is 2.18. The number of carbonyl (C=O) groups excluding carboxylic acids is 1. The van der Waals surface area contributed by atoms with Crippen LogP contribution in [-0.4, -0.2) is 19.2 Å². The lowest BCUT2D eigenvalue weighted by Crippen LogP contribution is -2.25. The largest absolute Gasteiger partial charge is 0.467 e. The average molecular weight is 415 g/mol. The predicted molar refractivity (Wildman–Crippen MR) is 106 cm³/mol. The van der Waals surface area contributed by atoms with Crippen molar-refractivity contribution < 1.29 is 22.6 Å². The molecule has 0 fully saturated rings. The fourth-order valence-electron chi connectivity index (χ4n) is 2.63. The minimum absolute atomic E-state index is 0.106. The number of para-hydroxylation sites is 1. The van der Waals surface area contributed by atoms with E-state index in [-0.39, 0.29) is 29.0 Å². The van der Waals surface area contributed by atoms with E-state index in [2.05, 4.69) is 10.0 Å². The summed E-state index contributed by atoms with van der Waals surface area (Å²) >= 11 is 0. The number of anilines is 1. The molecule has 0 bridgehead atoms. The molecule has 1 aromatic heterocycles. The van der Waals surface area contributed by atoms with Crippen LogP contribution < -0.4 is 10.0 Å². The zero-order valence-corrected chi connectivity index (χ0v) is 15.9. The number of carbonyl (C=O) groups is 1. The Balaban J connectivity index is 1.74. The number of hydrogen-bond acceptors (Lipinski definition) is 6. The van der Waals surface area contributed by atoms with Gasteiger partial charge in [0.1, 0.15) is 5.76 Å². The first kappa shape index (κ1) is 20.1. The maximum Gasteiger partial charge on any atom is 0.269 e. The highest BCUT2D eigenvalue weighted by Crippen LogP contribution is 2.20. The number of benzene rings is 2. The molecular weight excluding hydrogens is 398 g/mol. The third-order valence-corrected chi connectivity index (χ3v) is 5.16. The summed E-state index contributed by atoms with van der Waals surface area (Å²) < 4.78 is 32.6. The summed E-state index contributed by atoms with van der Waals surface area (Å²) in [5.41, 5.74) is 0.304. The molecule has 3 aromatic rings. The third kappa shape index (κ3) is 5.42. The molecule has 3 rings (SSSR count). The second kappa shape index (κ2) is 8.57. The number of nitro groups is 1. The van der Waals surface area contributed by atoms with Gasteiger partial charge in [0.15, 0.2) is 0 Å². The number of amides is 1. The number of nitro benzene ring substituents is 1. The van der Waals surface area contributed by atoms with Gasteiger partial charge in [-0.15, -0.1) is 0 Å². The van der Waals surface area contributed by atoms with Crippen molar-refractivity contribution in [3.63, 3.8) is 0 Å². The first-order chi connectivity index (χ1) is 13.8. The molecule has 10 heteroatoms. The van der Waals surface area contributed by atoms with Gasteiger partial charge < -0.3 is 9.73 Å². The van der Waals surface area contributed by atoms with E-state index in [1.54, 1.807) is 24.3 Å². The molecule has 0 unspecified atom stereocenters. The van der Waals surface area contributed by atoms with Crippen LogP contribution in [-0.2, 0) is 22.3 Å². The van der Waals surface area contributed by atoms with Gasteiger partial charge in [0, 0.05) is 12.1 Å². The summed E-state index contributed by atoms with van der Waals surface area (Å²) in [5.74, 6) is -0.394. The molecule has 150 valence electrons. The molecule has 2 N–H and O–H groups in total. The number of non-ortho nitro benzene ring substituents is 1. The quantitative estimate of drug-likeness (QED) is 0.429. The zero-order chi connectivity index (χ0) is 20.9. The summed E-state index contributed by atoms with van der Waals surface area (Å²) in [7, 11) is -3.92. The summed E-state index contributed by atoms with van der Waals surface area (Å²) in [4.78, 5) is 22.7. The SMILES string of the molecule is O=C(NCc1ccco1)c1ccccc1NS(=O)(=O)Cc1cccc([N+](=O)[O-])c1. The van der Waals surface area contributed by atoms with E-state index < -0.39 is 26.6 Å². The lowest BCUT2D eigenvalue weighted by Gasteiger charge is -2.12. The van der Waals surface area contributed by atoms with Crippen molar-refractivity contribution >= 4 is 27.3 Å². The van der Waals surface area contributed by atoms with Crippen LogP contribution in [0.4, 0.5) is 11.4 Å². The molecule has 0 aliphatic heterocycles. The fraction of sp³-hybridized carbons (Fsp3) is 0.105. The Morgan fingerprint density at radius 1 is 1.07 bits per heavy atom. The minimum atomic E-state index is -3.92. The standard InChI is InChI=1S/C19H17N3O6S/c23-19(20-12-16-7-4-10-28-16)17-8-1-2-9-18(17)21-29(26,27)13-14-5-3-6-15(11-14)22(24)25/h1-11,21H,12-13H2,(H,20,23). The first-order valence-electron chi connectivity index (χ1n) is 8.47. The van der Waals surface area contributed by atoms with Crippen molar-refractivity contribution in [1.82, 2.24) is 5.32 Å². The molecule has 1 amide bonds. The second-order valence-electron chi connectivity index (χ2n) is 6.10. The van der Waals surface area contributed by atoms with Crippen molar-refractivity contribution in [2.24, 2.45) is 0 Å². The Bertz CT molecular complexity index is 1130. The van der Waals surface area contributed by atoms with E-state index in [1.807, 2.05) is 0 Å². The van der Waals surface area contributed by atoms with Crippen LogP contribution in [0, 0.1) is 10.1 Å². The van der Waals surface area contributed by atoms with Crippen LogP contribution in [0.25, 0.3) is 0 Å². The molecule has 0 aliphatic rings. The van der Waals surface area contributed by atoms with Gasteiger partial charge in [-0.25, -0.2) is 8.42 Å². The first-order valence-corrected chi connectivity index (χ1v) is 10.1. The molecule has 0 saturated carbocycles. The highest BCUT2D eigenvalue weighted by molar-refractivity contribution is 7.91. The third-order valence-electron chi connectivity index (χ3n) is 3.92. The van der Waals surface area contributed by atoms with Crippen LogP contribution in [0.5, 0.6) is 0 Å². The van der Waals surface area contributed by atoms with Crippen LogP contribution in [0.2, 0.25) is 0 Å². The molecule has 0 radical (unpaired) electrons. The monoisotopic (exact) mass is 415 g/mol. The Hall–Kier alpha value is -3.66. The van der Waals surface area contributed by atoms with Crippen LogP contribution in [0.3, 0.4) is 0 Å². The van der Waals surface area contributed by atoms with Crippen LogP contribution >= 0.6 is 0 Å². The molecule has 0 atom stereocenters. The number of furan rings is 1. The lowest BCUT2D eigenvalue weighted by molar-refractivity contribution is -0.384. The molecule has 9 nitrogen and oxygen atoms in total. The van der Waals surface area contributed by atoms with Gasteiger partial charge in [-0.2, -0.15) is 0 Å². The fourth-order valence-corrected chi connectivity index (χ4v) is 3.83. The normalized spacial score (nSPS) is 11.0. The molecule has 0 aliphatic carbocycles. The number of rotatable bonds is 8. The van der Waals surface area contributed by atoms with E-state index in [0.717, 1.165) is 0 Å². The molecular formula is C19H17N3O6S.